The molecule has 0 saturated carbocycles. The van der Waals surface area contributed by atoms with E-state index in [1.165, 1.54) is 6.33 Å². The molecular formula is C13H20N4O3S. The third kappa shape index (κ3) is 3.42. The molecule has 21 heavy (non-hydrogen) atoms. The molecule has 2 fully saturated rings. The highest BCUT2D eigenvalue weighted by Gasteiger charge is 2.32. The number of likely N-dealkylation sites (tertiary alicyclic amines) is 1. The van der Waals surface area contributed by atoms with Gasteiger partial charge in [-0.15, -0.1) is 0 Å². The van der Waals surface area contributed by atoms with E-state index in [0.29, 0.717) is 19.4 Å². The Morgan fingerprint density at radius 1 is 1.33 bits per heavy atom. The van der Waals surface area contributed by atoms with Crippen molar-refractivity contribution in [2.24, 2.45) is 5.92 Å². The van der Waals surface area contributed by atoms with E-state index in [-0.39, 0.29) is 29.4 Å². The fourth-order valence-electron chi connectivity index (χ4n) is 3.21. The van der Waals surface area contributed by atoms with Crippen molar-refractivity contribution in [2.75, 3.05) is 24.6 Å². The van der Waals surface area contributed by atoms with Crippen molar-refractivity contribution in [3.8, 4) is 0 Å². The third-order valence-corrected chi connectivity index (χ3v) is 6.19. The first-order valence-corrected chi connectivity index (χ1v) is 9.18. The maximum atomic E-state index is 12.4. The van der Waals surface area contributed by atoms with Gasteiger partial charge in [0.25, 0.3) is 0 Å². The Bertz CT molecular complexity index is 599. The zero-order valence-electron chi connectivity index (χ0n) is 11.9. The molecule has 8 heteroatoms. The van der Waals surface area contributed by atoms with E-state index >= 15 is 0 Å². The quantitative estimate of drug-likeness (QED) is 0.799. The largest absolute Gasteiger partial charge is 0.341 e. The third-order valence-electron chi connectivity index (χ3n) is 4.35. The first-order chi connectivity index (χ1) is 10.0. The second-order valence-electron chi connectivity index (χ2n) is 5.98. The van der Waals surface area contributed by atoms with Gasteiger partial charge in [0.05, 0.1) is 17.5 Å². The number of rotatable bonds is 3. The number of piperidine rings is 1. The number of hydrogen-bond acceptors (Lipinski definition) is 5. The van der Waals surface area contributed by atoms with Crippen molar-refractivity contribution < 1.29 is 13.2 Å². The summed E-state index contributed by atoms with van der Waals surface area (Å²) in [7, 11) is -2.91. The molecule has 1 amide bonds. The first-order valence-electron chi connectivity index (χ1n) is 7.36. The molecular weight excluding hydrogens is 292 g/mol. The average Bonchev–Trinajstić information content (AvgIpc) is 3.09. The van der Waals surface area contributed by atoms with Crippen LogP contribution in [-0.2, 0) is 14.6 Å². The molecule has 3 rings (SSSR count). The average molecular weight is 312 g/mol. The van der Waals surface area contributed by atoms with Gasteiger partial charge in [-0.25, -0.2) is 18.1 Å². The molecule has 0 N–H and O–H groups in total. The van der Waals surface area contributed by atoms with Gasteiger partial charge in [-0.2, -0.15) is 5.10 Å². The SMILES string of the molecule is O=C(C[C@@H]1CCS(=O)(=O)C1)N1CCC[C@@H](n2cncn2)C1. The van der Waals surface area contributed by atoms with E-state index < -0.39 is 9.84 Å². The molecule has 0 aliphatic carbocycles. The van der Waals surface area contributed by atoms with E-state index in [0.717, 1.165) is 19.4 Å². The van der Waals surface area contributed by atoms with Crippen LogP contribution in [-0.4, -0.2) is 58.6 Å². The van der Waals surface area contributed by atoms with Crippen LogP contribution in [0.4, 0.5) is 0 Å². The van der Waals surface area contributed by atoms with Gasteiger partial charge in [0.15, 0.2) is 9.84 Å². The summed E-state index contributed by atoms with van der Waals surface area (Å²) < 4.78 is 24.7. The van der Waals surface area contributed by atoms with Gasteiger partial charge in [-0.05, 0) is 25.2 Å². The number of hydrogen-bond donors (Lipinski definition) is 0. The van der Waals surface area contributed by atoms with Gasteiger partial charge in [-0.3, -0.25) is 4.79 Å². The highest BCUT2D eigenvalue weighted by molar-refractivity contribution is 7.91. The highest BCUT2D eigenvalue weighted by Crippen LogP contribution is 2.25. The molecule has 1 aromatic rings. The minimum atomic E-state index is -2.91. The summed E-state index contributed by atoms with van der Waals surface area (Å²) in [5, 5.41) is 4.14. The molecule has 7 nitrogen and oxygen atoms in total. The van der Waals surface area contributed by atoms with Crippen molar-refractivity contribution in [3.05, 3.63) is 12.7 Å². The monoisotopic (exact) mass is 312 g/mol. The molecule has 2 aliphatic heterocycles. The van der Waals surface area contributed by atoms with Crippen LogP contribution in [0.25, 0.3) is 0 Å². The van der Waals surface area contributed by atoms with Crippen LogP contribution >= 0.6 is 0 Å². The van der Waals surface area contributed by atoms with E-state index in [2.05, 4.69) is 10.1 Å². The number of carbonyl (C=O) groups is 1. The van der Waals surface area contributed by atoms with E-state index in [9.17, 15) is 13.2 Å². The van der Waals surface area contributed by atoms with Crippen molar-refractivity contribution in [1.29, 1.82) is 0 Å². The molecule has 0 bridgehead atoms. The number of carbonyl (C=O) groups excluding carboxylic acids is 1. The van der Waals surface area contributed by atoms with Crippen LogP contribution in [0.3, 0.4) is 0 Å². The van der Waals surface area contributed by atoms with E-state index in [1.54, 1.807) is 11.0 Å². The fourth-order valence-corrected chi connectivity index (χ4v) is 5.07. The summed E-state index contributed by atoms with van der Waals surface area (Å²) in [6.07, 6.45) is 6.09. The Morgan fingerprint density at radius 2 is 2.19 bits per heavy atom. The van der Waals surface area contributed by atoms with Gasteiger partial charge in [0, 0.05) is 19.5 Å². The normalized spacial score (nSPS) is 28.7. The number of sulfone groups is 1. The summed E-state index contributed by atoms with van der Waals surface area (Å²) in [4.78, 5) is 18.2. The van der Waals surface area contributed by atoms with Crippen LogP contribution in [0.5, 0.6) is 0 Å². The summed E-state index contributed by atoms with van der Waals surface area (Å²) in [5.41, 5.74) is 0. The molecule has 1 aromatic heterocycles. The Kier molecular flexibility index (Phi) is 3.97. The standard InChI is InChI=1S/C13H20N4O3S/c18-13(6-11-3-5-21(19,20)8-11)16-4-1-2-12(7-16)17-10-14-9-15-17/h9-12H,1-8H2/t11-,12+/m0/s1. The van der Waals surface area contributed by atoms with Crippen LogP contribution in [0.1, 0.15) is 31.7 Å². The van der Waals surface area contributed by atoms with Gasteiger partial charge in [-0.1, -0.05) is 0 Å². The minimum absolute atomic E-state index is 0.00533. The van der Waals surface area contributed by atoms with Crippen molar-refractivity contribution >= 4 is 15.7 Å². The predicted octanol–water partition coefficient (Wildman–Crippen LogP) is 0.266. The summed E-state index contributed by atoms with van der Waals surface area (Å²) in [6.45, 7) is 1.39. The zero-order valence-corrected chi connectivity index (χ0v) is 12.7. The second kappa shape index (κ2) is 5.75. The molecule has 2 saturated heterocycles. The molecule has 116 valence electrons. The van der Waals surface area contributed by atoms with Crippen molar-refractivity contribution in [2.45, 2.75) is 31.7 Å². The molecule has 2 atom stereocenters. The smallest absolute Gasteiger partial charge is 0.222 e. The van der Waals surface area contributed by atoms with Gasteiger partial charge in [0.1, 0.15) is 12.7 Å². The Morgan fingerprint density at radius 3 is 2.86 bits per heavy atom. The summed E-state index contributed by atoms with van der Waals surface area (Å²) >= 11 is 0. The molecule has 3 heterocycles. The lowest BCUT2D eigenvalue weighted by Crippen LogP contribution is -2.41. The summed E-state index contributed by atoms with van der Waals surface area (Å²) in [6, 6.07) is 0.178. The second-order valence-corrected chi connectivity index (χ2v) is 8.21. The van der Waals surface area contributed by atoms with Crippen LogP contribution < -0.4 is 0 Å². The molecule has 0 aromatic carbocycles. The molecule has 2 aliphatic rings. The zero-order chi connectivity index (χ0) is 14.9. The van der Waals surface area contributed by atoms with Crippen molar-refractivity contribution in [3.63, 3.8) is 0 Å². The molecule has 0 unspecified atom stereocenters. The number of amides is 1. The fraction of sp³-hybridized carbons (Fsp3) is 0.769. The predicted molar refractivity (Wildman–Crippen MR) is 76.3 cm³/mol. The summed E-state index contributed by atoms with van der Waals surface area (Å²) in [5.74, 6) is 0.460. The van der Waals surface area contributed by atoms with Crippen LogP contribution in [0.15, 0.2) is 12.7 Å². The maximum Gasteiger partial charge on any atom is 0.222 e. The maximum absolute atomic E-state index is 12.4. The van der Waals surface area contributed by atoms with Crippen molar-refractivity contribution in [1.82, 2.24) is 19.7 Å². The lowest BCUT2D eigenvalue weighted by molar-refractivity contribution is -0.133. The topological polar surface area (TPSA) is 85.2 Å². The molecule has 0 radical (unpaired) electrons. The lowest BCUT2D eigenvalue weighted by Gasteiger charge is -2.33. The highest BCUT2D eigenvalue weighted by atomic mass is 32.2. The van der Waals surface area contributed by atoms with E-state index in [1.807, 2.05) is 4.90 Å². The Hall–Kier alpha value is -1.44. The number of aromatic nitrogens is 3. The lowest BCUT2D eigenvalue weighted by atomic mass is 10.0. The van der Waals surface area contributed by atoms with Gasteiger partial charge >= 0.3 is 0 Å². The van der Waals surface area contributed by atoms with E-state index in [4.69, 9.17) is 0 Å². The Labute approximate surface area is 124 Å². The Balaban J connectivity index is 1.57. The van der Waals surface area contributed by atoms with Gasteiger partial charge in [0.2, 0.25) is 5.91 Å². The number of nitrogens with zero attached hydrogens (tertiary/aromatic N) is 4. The first kappa shape index (κ1) is 14.5. The molecule has 0 spiro atoms. The van der Waals surface area contributed by atoms with Crippen LogP contribution in [0, 0.1) is 5.92 Å². The minimum Gasteiger partial charge on any atom is -0.341 e. The van der Waals surface area contributed by atoms with Crippen LogP contribution in [0.2, 0.25) is 0 Å². The van der Waals surface area contributed by atoms with Gasteiger partial charge < -0.3 is 4.90 Å².